The van der Waals surface area contributed by atoms with Crippen LogP contribution in [0.15, 0.2) is 42.5 Å². The Labute approximate surface area is 189 Å². The Bertz CT molecular complexity index is 1140. The van der Waals surface area contributed by atoms with Crippen molar-refractivity contribution in [3.8, 4) is 22.9 Å². The number of anilines is 1. The molecule has 0 bridgehead atoms. The van der Waals surface area contributed by atoms with Crippen molar-refractivity contribution < 1.29 is 17.9 Å². The number of nitrogens with zero attached hydrogens (tertiary/aromatic N) is 3. The van der Waals surface area contributed by atoms with Gasteiger partial charge in [-0.3, -0.25) is 0 Å². The first-order chi connectivity index (χ1) is 15.6. The molecule has 0 atom stereocenters. The highest BCUT2D eigenvalue weighted by Gasteiger charge is 2.23. The van der Waals surface area contributed by atoms with Crippen molar-refractivity contribution in [2.45, 2.75) is 19.3 Å². The van der Waals surface area contributed by atoms with E-state index in [2.05, 4.69) is 9.62 Å². The number of piperidine rings is 1. The fraction of sp³-hybridized carbons (Fsp3) is 0.391. The van der Waals surface area contributed by atoms with Gasteiger partial charge >= 0.3 is 0 Å². The molecule has 0 spiro atoms. The minimum absolute atomic E-state index is 0.491. The minimum atomic E-state index is -2.53. The highest BCUT2D eigenvalue weighted by molar-refractivity contribution is 7.70. The molecule has 2 heterocycles. The maximum atomic E-state index is 10.7. The van der Waals surface area contributed by atoms with Crippen LogP contribution in [0.1, 0.15) is 19.3 Å². The highest BCUT2D eigenvalue weighted by atomic mass is 32.2. The summed E-state index contributed by atoms with van der Waals surface area (Å²) >= 11 is 0. The fourth-order valence-electron chi connectivity index (χ4n) is 4.19. The fourth-order valence-corrected chi connectivity index (χ4v) is 4.50. The number of ether oxygens (including phenoxy) is 2. The number of rotatable bonds is 8. The van der Waals surface area contributed by atoms with E-state index < -0.39 is 10.9 Å². The molecular weight excluding hydrogens is 428 g/mol. The van der Waals surface area contributed by atoms with Crippen LogP contribution >= 0.6 is 0 Å². The molecule has 0 aliphatic carbocycles. The van der Waals surface area contributed by atoms with Crippen molar-refractivity contribution in [1.82, 2.24) is 14.7 Å². The van der Waals surface area contributed by atoms with E-state index in [-0.39, 0.29) is 0 Å². The summed E-state index contributed by atoms with van der Waals surface area (Å²) in [4.78, 5) is 12.1. The molecule has 8 nitrogen and oxygen atoms in total. The number of aromatic nitrogens is 2. The number of hydrogen-bond donors (Lipinski definition) is 2. The zero-order valence-corrected chi connectivity index (χ0v) is 19.2. The number of hydrogen-bond acceptors (Lipinski definition) is 7. The van der Waals surface area contributed by atoms with E-state index >= 15 is 0 Å². The maximum absolute atomic E-state index is 10.7. The van der Waals surface area contributed by atoms with Gasteiger partial charge in [0, 0.05) is 36.7 Å². The SMILES string of the molecule is COc1cc2nc(-c3ccccc3)nc(N3CCC(CCN[SH](=O)=O)CC3)c2cc1OC. The first kappa shape index (κ1) is 22.3. The molecule has 1 N–H and O–H groups in total. The van der Waals surface area contributed by atoms with Gasteiger partial charge in [-0.25, -0.2) is 23.1 Å². The summed E-state index contributed by atoms with van der Waals surface area (Å²) in [7, 11) is 0.714. The molecule has 170 valence electrons. The molecule has 9 heteroatoms. The van der Waals surface area contributed by atoms with E-state index in [1.54, 1.807) is 14.2 Å². The van der Waals surface area contributed by atoms with Crippen LogP contribution in [0.3, 0.4) is 0 Å². The van der Waals surface area contributed by atoms with E-state index in [0.29, 0.717) is 29.8 Å². The van der Waals surface area contributed by atoms with Crippen LogP contribution < -0.4 is 19.1 Å². The standard InChI is InChI=1S/C23H28N4O4S/c1-30-20-14-18-19(15-21(20)31-2)25-22(17-6-4-3-5-7-17)26-23(18)27-12-9-16(10-13-27)8-11-24-32(28)29/h3-7,14-16,32H,8-13H2,1-2H3,(H,24,28,29). The monoisotopic (exact) mass is 456 g/mol. The van der Waals surface area contributed by atoms with E-state index in [4.69, 9.17) is 19.4 Å². The summed E-state index contributed by atoms with van der Waals surface area (Å²) in [5.74, 6) is 3.32. The first-order valence-corrected chi connectivity index (χ1v) is 11.9. The zero-order valence-electron chi connectivity index (χ0n) is 18.3. The van der Waals surface area contributed by atoms with Crippen LogP contribution in [0.4, 0.5) is 5.82 Å². The van der Waals surface area contributed by atoms with Crippen molar-refractivity contribution in [1.29, 1.82) is 0 Å². The number of methoxy groups -OCH3 is 2. The Hall–Kier alpha value is -2.91. The van der Waals surface area contributed by atoms with E-state index in [1.165, 1.54) is 0 Å². The molecule has 1 aliphatic heterocycles. The van der Waals surface area contributed by atoms with Gasteiger partial charge in [0.05, 0.1) is 19.7 Å². The number of nitrogens with one attached hydrogen (secondary N) is 1. The third-order valence-corrected chi connectivity index (χ3v) is 6.40. The van der Waals surface area contributed by atoms with Gasteiger partial charge in [-0.05, 0) is 31.2 Å². The molecule has 1 aromatic heterocycles. The van der Waals surface area contributed by atoms with E-state index in [1.807, 2.05) is 42.5 Å². The second kappa shape index (κ2) is 10.1. The quantitative estimate of drug-likeness (QED) is 0.503. The lowest BCUT2D eigenvalue weighted by atomic mass is 9.93. The van der Waals surface area contributed by atoms with E-state index in [0.717, 1.165) is 54.6 Å². The van der Waals surface area contributed by atoms with Crippen LogP contribution in [0.2, 0.25) is 0 Å². The predicted octanol–water partition coefficient (Wildman–Crippen LogP) is 3.04. The zero-order chi connectivity index (χ0) is 22.5. The normalized spacial score (nSPS) is 14.8. The molecule has 2 aromatic carbocycles. The van der Waals surface area contributed by atoms with Crippen molar-refractivity contribution >= 4 is 27.6 Å². The second-order valence-corrected chi connectivity index (χ2v) is 8.68. The Morgan fingerprint density at radius 3 is 2.38 bits per heavy atom. The second-order valence-electron chi connectivity index (χ2n) is 7.85. The average Bonchev–Trinajstić information content (AvgIpc) is 2.83. The lowest BCUT2D eigenvalue weighted by molar-refractivity contribution is 0.355. The minimum Gasteiger partial charge on any atom is -0.493 e. The molecular formula is C23H28N4O4S. The van der Waals surface area contributed by atoms with Crippen molar-refractivity contribution in [3.63, 3.8) is 0 Å². The smallest absolute Gasteiger partial charge is 0.201 e. The van der Waals surface area contributed by atoms with Crippen LogP contribution in [0.5, 0.6) is 11.5 Å². The number of fused-ring (bicyclic) bond motifs is 1. The topological polar surface area (TPSA) is 93.7 Å². The maximum Gasteiger partial charge on any atom is 0.201 e. The van der Waals surface area contributed by atoms with Crippen molar-refractivity contribution in [3.05, 3.63) is 42.5 Å². The summed E-state index contributed by atoms with van der Waals surface area (Å²) in [5.41, 5.74) is 1.76. The largest absolute Gasteiger partial charge is 0.493 e. The molecule has 32 heavy (non-hydrogen) atoms. The van der Waals surface area contributed by atoms with Crippen LogP contribution in [0.25, 0.3) is 22.3 Å². The Morgan fingerprint density at radius 2 is 1.72 bits per heavy atom. The highest BCUT2D eigenvalue weighted by Crippen LogP contribution is 2.37. The van der Waals surface area contributed by atoms with Crippen LogP contribution in [0, 0.1) is 5.92 Å². The summed E-state index contributed by atoms with van der Waals surface area (Å²) in [6.07, 6.45) is 2.81. The Morgan fingerprint density at radius 1 is 1.03 bits per heavy atom. The third-order valence-electron chi connectivity index (χ3n) is 5.92. The first-order valence-electron chi connectivity index (χ1n) is 10.7. The average molecular weight is 457 g/mol. The van der Waals surface area contributed by atoms with Crippen molar-refractivity contribution in [2.24, 2.45) is 5.92 Å². The molecule has 1 aliphatic rings. The van der Waals surface area contributed by atoms with Gasteiger partial charge in [0.2, 0.25) is 10.9 Å². The molecule has 0 amide bonds. The van der Waals surface area contributed by atoms with E-state index in [9.17, 15) is 8.42 Å². The molecule has 0 unspecified atom stereocenters. The molecule has 4 rings (SSSR count). The number of benzene rings is 2. The van der Waals surface area contributed by atoms with Gasteiger partial charge in [0.25, 0.3) is 0 Å². The van der Waals surface area contributed by atoms with Gasteiger partial charge in [0.15, 0.2) is 17.3 Å². The Kier molecular flexibility index (Phi) is 7.06. The summed E-state index contributed by atoms with van der Waals surface area (Å²) in [6.45, 7) is 2.20. The van der Waals surface area contributed by atoms with Gasteiger partial charge < -0.3 is 14.4 Å². The molecule has 1 saturated heterocycles. The molecule has 0 radical (unpaired) electrons. The van der Waals surface area contributed by atoms with Gasteiger partial charge in [0.1, 0.15) is 5.82 Å². The summed E-state index contributed by atoms with van der Waals surface area (Å²) in [6, 6.07) is 13.8. The van der Waals surface area contributed by atoms with Gasteiger partial charge in [-0.2, -0.15) is 0 Å². The Balaban J connectivity index is 1.67. The van der Waals surface area contributed by atoms with Crippen molar-refractivity contribution in [2.75, 3.05) is 38.8 Å². The molecule has 0 saturated carbocycles. The summed E-state index contributed by atoms with van der Waals surface area (Å²) < 4.78 is 35.0. The van der Waals surface area contributed by atoms with Gasteiger partial charge in [-0.1, -0.05) is 30.3 Å². The van der Waals surface area contributed by atoms with Crippen LogP contribution in [-0.2, 0) is 10.9 Å². The van der Waals surface area contributed by atoms with Crippen LogP contribution in [-0.4, -0.2) is 52.2 Å². The van der Waals surface area contributed by atoms with Gasteiger partial charge in [-0.15, -0.1) is 0 Å². The molecule has 1 fully saturated rings. The molecule has 3 aromatic rings. The number of thiol groups is 1. The summed E-state index contributed by atoms with van der Waals surface area (Å²) in [5, 5.41) is 0.922. The predicted molar refractivity (Wildman–Crippen MR) is 126 cm³/mol. The third kappa shape index (κ3) is 4.94. The lowest BCUT2D eigenvalue weighted by Gasteiger charge is -2.33. The lowest BCUT2D eigenvalue weighted by Crippen LogP contribution is -2.35.